The van der Waals surface area contributed by atoms with Crippen LogP contribution < -0.4 is 5.32 Å². The number of hydrogen-bond acceptors (Lipinski definition) is 3. The van der Waals surface area contributed by atoms with Crippen molar-refractivity contribution in [3.05, 3.63) is 42.0 Å². The molecule has 0 radical (unpaired) electrons. The second kappa shape index (κ2) is 5.29. The van der Waals surface area contributed by atoms with Crippen molar-refractivity contribution in [2.75, 3.05) is 5.32 Å². The lowest BCUT2D eigenvalue weighted by Gasteiger charge is -2.23. The lowest BCUT2D eigenvalue weighted by molar-refractivity contribution is -0.146. The first-order chi connectivity index (χ1) is 10.5. The second-order valence-corrected chi connectivity index (χ2v) is 5.71. The molecule has 4 atom stereocenters. The van der Waals surface area contributed by atoms with Crippen LogP contribution in [0.5, 0.6) is 0 Å². The molecule has 2 bridgehead atoms. The smallest absolute Gasteiger partial charge is 0.335 e. The van der Waals surface area contributed by atoms with Crippen LogP contribution in [0.1, 0.15) is 16.8 Å². The third-order valence-corrected chi connectivity index (χ3v) is 4.45. The molecule has 1 amide bonds. The minimum Gasteiger partial charge on any atom is -0.481 e. The highest BCUT2D eigenvalue weighted by molar-refractivity contribution is 5.97. The average Bonchev–Trinajstić information content (AvgIpc) is 3.08. The maximum atomic E-state index is 12.4. The Morgan fingerprint density at radius 1 is 0.955 bits per heavy atom. The molecule has 0 aromatic heterocycles. The van der Waals surface area contributed by atoms with E-state index in [1.165, 1.54) is 24.3 Å². The standard InChI is InChI=1S/C16H15NO5/c18-14(17-11-5-3-8(4-6-11)15(19)20)12-9-1-2-10(7-9)13(12)16(21)22/h1-6,9-10,12-13H,7H2,(H,17,18)(H,19,20)(H,21,22)/t9-,10+,12+,13+/m0/s1. The molecule has 1 aromatic carbocycles. The number of carboxylic acid groups (broad SMARTS) is 2. The van der Waals surface area contributed by atoms with Gasteiger partial charge in [-0.1, -0.05) is 12.2 Å². The predicted octanol–water partition coefficient (Wildman–Crippen LogP) is 1.85. The van der Waals surface area contributed by atoms with Gasteiger partial charge in [-0.05, 0) is 42.5 Å². The van der Waals surface area contributed by atoms with Crippen LogP contribution in [-0.4, -0.2) is 28.1 Å². The number of carbonyl (C=O) groups excluding carboxylic acids is 1. The third kappa shape index (κ3) is 2.36. The molecule has 6 heteroatoms. The molecule has 0 spiro atoms. The van der Waals surface area contributed by atoms with Gasteiger partial charge in [0.05, 0.1) is 17.4 Å². The van der Waals surface area contributed by atoms with Gasteiger partial charge in [-0.25, -0.2) is 4.79 Å². The molecule has 1 saturated carbocycles. The van der Waals surface area contributed by atoms with Crippen molar-refractivity contribution in [3.63, 3.8) is 0 Å². The molecule has 2 aliphatic rings. The summed E-state index contributed by atoms with van der Waals surface area (Å²) in [5.41, 5.74) is 0.593. The molecule has 0 heterocycles. The van der Waals surface area contributed by atoms with Crippen LogP contribution in [0.2, 0.25) is 0 Å². The highest BCUT2D eigenvalue weighted by atomic mass is 16.4. The summed E-state index contributed by atoms with van der Waals surface area (Å²) in [6, 6.07) is 5.79. The van der Waals surface area contributed by atoms with Crippen molar-refractivity contribution >= 4 is 23.5 Å². The number of carboxylic acids is 2. The van der Waals surface area contributed by atoms with Crippen molar-refractivity contribution in [2.45, 2.75) is 6.42 Å². The van der Waals surface area contributed by atoms with Gasteiger partial charge in [-0.2, -0.15) is 0 Å². The van der Waals surface area contributed by atoms with Gasteiger partial charge in [-0.3, -0.25) is 9.59 Å². The molecule has 114 valence electrons. The number of allylic oxidation sites excluding steroid dienone is 2. The van der Waals surface area contributed by atoms with Crippen LogP contribution in [0, 0.1) is 23.7 Å². The van der Waals surface area contributed by atoms with E-state index in [-0.39, 0.29) is 23.3 Å². The maximum absolute atomic E-state index is 12.4. The van der Waals surface area contributed by atoms with Crippen molar-refractivity contribution in [2.24, 2.45) is 23.7 Å². The number of amides is 1. The Morgan fingerprint density at radius 3 is 2.09 bits per heavy atom. The summed E-state index contributed by atoms with van der Waals surface area (Å²) in [5, 5.41) is 20.9. The van der Waals surface area contributed by atoms with E-state index in [0.29, 0.717) is 12.1 Å². The van der Waals surface area contributed by atoms with Gasteiger partial charge in [-0.15, -0.1) is 0 Å². The van der Waals surface area contributed by atoms with Crippen molar-refractivity contribution in [3.8, 4) is 0 Å². The molecule has 2 aliphatic carbocycles. The summed E-state index contributed by atoms with van der Waals surface area (Å²) in [5.74, 6) is -3.69. The van der Waals surface area contributed by atoms with Crippen LogP contribution in [0.4, 0.5) is 5.69 Å². The van der Waals surface area contributed by atoms with Gasteiger partial charge < -0.3 is 15.5 Å². The van der Waals surface area contributed by atoms with E-state index in [4.69, 9.17) is 5.11 Å². The van der Waals surface area contributed by atoms with Crippen LogP contribution in [0.3, 0.4) is 0 Å². The fraction of sp³-hybridized carbons (Fsp3) is 0.312. The van der Waals surface area contributed by atoms with E-state index < -0.39 is 23.8 Å². The van der Waals surface area contributed by atoms with Crippen molar-refractivity contribution in [1.29, 1.82) is 0 Å². The van der Waals surface area contributed by atoms with Gasteiger partial charge in [0.1, 0.15) is 0 Å². The zero-order chi connectivity index (χ0) is 15.9. The summed E-state index contributed by atoms with van der Waals surface area (Å²) in [6.45, 7) is 0. The topological polar surface area (TPSA) is 104 Å². The van der Waals surface area contributed by atoms with E-state index in [1.807, 2.05) is 12.2 Å². The van der Waals surface area contributed by atoms with Crippen LogP contribution in [0.15, 0.2) is 36.4 Å². The molecule has 6 nitrogen and oxygen atoms in total. The molecule has 22 heavy (non-hydrogen) atoms. The number of aliphatic carboxylic acids is 1. The summed E-state index contributed by atoms with van der Waals surface area (Å²) < 4.78 is 0. The van der Waals surface area contributed by atoms with E-state index in [9.17, 15) is 19.5 Å². The quantitative estimate of drug-likeness (QED) is 0.736. The lowest BCUT2D eigenvalue weighted by atomic mass is 9.82. The Morgan fingerprint density at radius 2 is 1.55 bits per heavy atom. The molecular formula is C16H15NO5. The van der Waals surface area contributed by atoms with Crippen molar-refractivity contribution in [1.82, 2.24) is 0 Å². The summed E-state index contributed by atoms with van der Waals surface area (Å²) in [4.78, 5) is 34.6. The third-order valence-electron chi connectivity index (χ3n) is 4.45. The molecule has 1 fully saturated rings. The summed E-state index contributed by atoms with van der Waals surface area (Å²) in [7, 11) is 0. The highest BCUT2D eigenvalue weighted by Crippen LogP contribution is 2.48. The predicted molar refractivity (Wildman–Crippen MR) is 77.4 cm³/mol. The van der Waals surface area contributed by atoms with Crippen LogP contribution in [-0.2, 0) is 9.59 Å². The fourth-order valence-corrected chi connectivity index (χ4v) is 3.44. The molecule has 1 aromatic rings. The minimum absolute atomic E-state index is 0.0376. The van der Waals surface area contributed by atoms with E-state index in [1.54, 1.807) is 0 Å². The van der Waals surface area contributed by atoms with Gasteiger partial charge in [0.15, 0.2) is 0 Å². The van der Waals surface area contributed by atoms with Gasteiger partial charge in [0.25, 0.3) is 0 Å². The molecule has 0 aliphatic heterocycles. The number of carbonyl (C=O) groups is 3. The highest BCUT2D eigenvalue weighted by Gasteiger charge is 2.51. The summed E-state index contributed by atoms with van der Waals surface area (Å²) in [6.07, 6.45) is 4.50. The SMILES string of the molecule is O=C(O)c1ccc(NC(=O)[C@H]2[C@H](C(=O)O)[C@@H]3C=C[C@H]2C3)cc1. The zero-order valence-corrected chi connectivity index (χ0v) is 11.6. The Kier molecular flexibility index (Phi) is 3.44. The molecule has 0 unspecified atom stereocenters. The number of hydrogen-bond donors (Lipinski definition) is 3. The van der Waals surface area contributed by atoms with Gasteiger partial charge in [0, 0.05) is 5.69 Å². The molecule has 0 saturated heterocycles. The lowest BCUT2D eigenvalue weighted by Crippen LogP contribution is -2.36. The number of rotatable bonds is 4. The largest absolute Gasteiger partial charge is 0.481 e. The number of anilines is 1. The number of aromatic carboxylic acids is 1. The maximum Gasteiger partial charge on any atom is 0.335 e. The van der Waals surface area contributed by atoms with Gasteiger partial charge >= 0.3 is 11.9 Å². The zero-order valence-electron chi connectivity index (χ0n) is 11.6. The Bertz CT molecular complexity index is 664. The van der Waals surface area contributed by atoms with E-state index in [0.717, 1.165) is 0 Å². The number of benzene rings is 1. The van der Waals surface area contributed by atoms with Gasteiger partial charge in [0.2, 0.25) is 5.91 Å². The monoisotopic (exact) mass is 301 g/mol. The normalized spacial score (nSPS) is 28.5. The number of nitrogens with one attached hydrogen (secondary N) is 1. The van der Waals surface area contributed by atoms with E-state index >= 15 is 0 Å². The Labute approximate surface area is 126 Å². The first kappa shape index (κ1) is 14.3. The minimum atomic E-state index is -1.04. The molecule has 3 N–H and O–H groups in total. The van der Waals surface area contributed by atoms with Crippen molar-refractivity contribution < 1.29 is 24.6 Å². The number of fused-ring (bicyclic) bond motifs is 2. The Balaban J connectivity index is 1.75. The average molecular weight is 301 g/mol. The van der Waals surface area contributed by atoms with Crippen LogP contribution in [0.25, 0.3) is 0 Å². The first-order valence-corrected chi connectivity index (χ1v) is 7.02. The fourth-order valence-electron chi connectivity index (χ4n) is 3.44. The second-order valence-electron chi connectivity index (χ2n) is 5.71. The Hall–Kier alpha value is -2.63. The van der Waals surface area contributed by atoms with E-state index in [2.05, 4.69) is 5.32 Å². The van der Waals surface area contributed by atoms with Crippen LogP contribution >= 0.6 is 0 Å². The molecule has 3 rings (SSSR count). The first-order valence-electron chi connectivity index (χ1n) is 7.02. The molecular weight excluding hydrogens is 286 g/mol. The summed E-state index contributed by atoms with van der Waals surface area (Å²) >= 11 is 0.